The number of rotatable bonds is 4. The minimum Gasteiger partial charge on any atom is -0.411 e. The second kappa shape index (κ2) is 7.43. The van der Waals surface area contributed by atoms with Crippen LogP contribution in [0.1, 0.15) is 49.2 Å². The number of amides is 1. The molecule has 146 valence electrons. The van der Waals surface area contributed by atoms with E-state index in [1.807, 2.05) is 0 Å². The first-order valence-electron chi connectivity index (χ1n) is 9.37. The molecule has 0 aliphatic carbocycles. The average molecular weight is 393 g/mol. The predicted octanol–water partition coefficient (Wildman–Crippen LogP) is 1.87. The number of likely N-dealkylation sites (tertiary alicyclic amines) is 1. The van der Waals surface area contributed by atoms with Crippen molar-refractivity contribution in [2.75, 3.05) is 26.2 Å². The molecular weight excluding hydrogens is 370 g/mol. The number of nitrogens with one attached hydrogen (secondary N) is 1. The van der Waals surface area contributed by atoms with Gasteiger partial charge in [0, 0.05) is 32.4 Å². The molecule has 0 aromatic carbocycles. The van der Waals surface area contributed by atoms with Crippen molar-refractivity contribution in [3.8, 4) is 11.6 Å². The highest BCUT2D eigenvalue weighted by molar-refractivity contribution is 7.89. The van der Waals surface area contributed by atoms with Gasteiger partial charge in [0.15, 0.2) is 0 Å². The quantitative estimate of drug-likeness (QED) is 0.848. The van der Waals surface area contributed by atoms with E-state index >= 15 is 0 Å². The Balaban J connectivity index is 1.53. The minimum absolute atomic E-state index is 0.0709. The van der Waals surface area contributed by atoms with Crippen molar-refractivity contribution in [2.24, 2.45) is 0 Å². The van der Waals surface area contributed by atoms with Gasteiger partial charge in [-0.2, -0.15) is 4.31 Å². The molecule has 2 aromatic rings. The normalized spacial score (nSPS) is 19.3. The van der Waals surface area contributed by atoms with E-state index in [-0.39, 0.29) is 22.6 Å². The lowest BCUT2D eigenvalue weighted by Crippen LogP contribution is -2.31. The van der Waals surface area contributed by atoms with Crippen molar-refractivity contribution in [3.63, 3.8) is 0 Å². The molecule has 0 spiro atoms. The van der Waals surface area contributed by atoms with Gasteiger partial charge in [0.1, 0.15) is 10.6 Å². The number of carbonyl (C=O) groups is 1. The molecular formula is C17H23N5O4S. The van der Waals surface area contributed by atoms with E-state index in [1.165, 1.54) is 16.6 Å². The van der Waals surface area contributed by atoms with Crippen LogP contribution < -0.4 is 0 Å². The second-order valence-corrected chi connectivity index (χ2v) is 8.92. The molecule has 1 N–H and O–H groups in total. The third-order valence-electron chi connectivity index (χ3n) is 5.09. The summed E-state index contributed by atoms with van der Waals surface area (Å²) in [7, 11) is -3.56. The van der Waals surface area contributed by atoms with Gasteiger partial charge < -0.3 is 14.3 Å². The molecule has 0 unspecified atom stereocenters. The van der Waals surface area contributed by atoms with Crippen LogP contribution in [-0.4, -0.2) is 64.9 Å². The number of carbonyl (C=O) groups excluding carboxylic acids is 1. The summed E-state index contributed by atoms with van der Waals surface area (Å²) >= 11 is 0. The summed E-state index contributed by atoms with van der Waals surface area (Å²) in [5.41, 5.74) is 0.386. The Labute approximate surface area is 157 Å². The van der Waals surface area contributed by atoms with Crippen LogP contribution in [0.5, 0.6) is 0 Å². The molecule has 2 aromatic heterocycles. The van der Waals surface area contributed by atoms with Crippen LogP contribution in [0.2, 0.25) is 0 Å². The van der Waals surface area contributed by atoms with Crippen molar-refractivity contribution in [2.45, 2.75) is 43.4 Å². The molecule has 10 heteroatoms. The van der Waals surface area contributed by atoms with E-state index in [1.54, 1.807) is 4.90 Å². The Morgan fingerprint density at radius 2 is 1.67 bits per heavy atom. The fourth-order valence-corrected chi connectivity index (χ4v) is 5.06. The summed E-state index contributed by atoms with van der Waals surface area (Å²) in [6.07, 6.45) is 7.24. The smallest absolute Gasteiger partial charge is 0.311 e. The molecule has 0 bridgehead atoms. The highest BCUT2D eigenvalue weighted by atomic mass is 32.2. The van der Waals surface area contributed by atoms with Crippen molar-refractivity contribution in [1.82, 2.24) is 24.4 Å². The lowest BCUT2D eigenvalue weighted by Gasteiger charge is -2.18. The molecule has 2 fully saturated rings. The Morgan fingerprint density at radius 3 is 2.37 bits per heavy atom. The molecule has 0 atom stereocenters. The SMILES string of the molecule is O=C(c1nnc(-c2cc(S(=O)(=O)N3CCCCCC3)c[nH]2)o1)N1CCCC1. The number of hydrogen-bond donors (Lipinski definition) is 1. The van der Waals surface area contributed by atoms with E-state index in [9.17, 15) is 13.2 Å². The third-order valence-corrected chi connectivity index (χ3v) is 6.97. The number of aromatic nitrogens is 3. The third kappa shape index (κ3) is 3.63. The molecule has 0 radical (unpaired) electrons. The van der Waals surface area contributed by atoms with Crippen molar-refractivity contribution >= 4 is 15.9 Å². The number of sulfonamides is 1. The van der Waals surface area contributed by atoms with Gasteiger partial charge in [-0.15, -0.1) is 10.2 Å². The maximum atomic E-state index is 12.9. The summed E-state index contributed by atoms with van der Waals surface area (Å²) < 4.78 is 32.7. The standard InChI is InChI=1S/C17H23N5O4S/c23-17(21-7-5-6-8-21)16-20-19-15(26-16)14-11-13(12-18-14)27(24,25)22-9-3-1-2-4-10-22/h11-12,18H,1-10H2. The topological polar surface area (TPSA) is 112 Å². The highest BCUT2D eigenvalue weighted by Crippen LogP contribution is 2.25. The van der Waals surface area contributed by atoms with Crippen LogP contribution >= 0.6 is 0 Å². The van der Waals surface area contributed by atoms with Gasteiger partial charge in [-0.3, -0.25) is 4.79 Å². The molecule has 2 aliphatic rings. The van der Waals surface area contributed by atoms with Crippen LogP contribution in [0.4, 0.5) is 0 Å². The highest BCUT2D eigenvalue weighted by Gasteiger charge is 2.28. The zero-order chi connectivity index (χ0) is 18.9. The lowest BCUT2D eigenvalue weighted by atomic mass is 10.2. The summed E-state index contributed by atoms with van der Waals surface area (Å²) in [4.78, 5) is 17.0. The first kappa shape index (κ1) is 18.2. The molecule has 9 nitrogen and oxygen atoms in total. The summed E-state index contributed by atoms with van der Waals surface area (Å²) in [6, 6.07) is 1.48. The van der Waals surface area contributed by atoms with Crippen LogP contribution in [0.3, 0.4) is 0 Å². The molecule has 4 heterocycles. The number of nitrogens with zero attached hydrogens (tertiary/aromatic N) is 4. The van der Waals surface area contributed by atoms with Gasteiger partial charge in [-0.25, -0.2) is 8.42 Å². The Hall–Kier alpha value is -2.20. The monoisotopic (exact) mass is 393 g/mol. The first-order valence-corrected chi connectivity index (χ1v) is 10.8. The molecule has 0 saturated carbocycles. The Kier molecular flexibility index (Phi) is 5.00. The van der Waals surface area contributed by atoms with Crippen LogP contribution in [0.15, 0.2) is 21.6 Å². The Morgan fingerprint density at radius 1 is 1.00 bits per heavy atom. The number of aromatic amines is 1. The molecule has 4 rings (SSSR count). The fourth-order valence-electron chi connectivity index (χ4n) is 3.55. The minimum atomic E-state index is -3.56. The molecule has 2 saturated heterocycles. The maximum absolute atomic E-state index is 12.9. The van der Waals surface area contributed by atoms with Gasteiger partial charge in [0.05, 0.1) is 0 Å². The lowest BCUT2D eigenvalue weighted by molar-refractivity contribution is 0.0754. The van der Waals surface area contributed by atoms with Gasteiger partial charge in [0.25, 0.3) is 5.89 Å². The first-order chi connectivity index (χ1) is 13.1. The molecule has 2 aliphatic heterocycles. The zero-order valence-corrected chi connectivity index (χ0v) is 15.9. The van der Waals surface area contributed by atoms with E-state index in [0.29, 0.717) is 31.9 Å². The second-order valence-electron chi connectivity index (χ2n) is 6.98. The summed E-state index contributed by atoms with van der Waals surface area (Å²) in [5.74, 6) is -0.247. The fraction of sp³-hybridized carbons (Fsp3) is 0.588. The van der Waals surface area contributed by atoms with Gasteiger partial charge in [-0.05, 0) is 31.7 Å². The molecule has 27 heavy (non-hydrogen) atoms. The van der Waals surface area contributed by atoms with E-state index in [2.05, 4.69) is 15.2 Å². The van der Waals surface area contributed by atoms with Gasteiger partial charge >= 0.3 is 11.8 Å². The largest absolute Gasteiger partial charge is 0.411 e. The van der Waals surface area contributed by atoms with E-state index in [4.69, 9.17) is 4.42 Å². The summed E-state index contributed by atoms with van der Waals surface area (Å²) in [6.45, 7) is 2.46. The molecule has 1 amide bonds. The van der Waals surface area contributed by atoms with E-state index < -0.39 is 10.0 Å². The van der Waals surface area contributed by atoms with E-state index in [0.717, 1.165) is 38.5 Å². The predicted molar refractivity (Wildman–Crippen MR) is 96.4 cm³/mol. The van der Waals surface area contributed by atoms with Crippen LogP contribution in [-0.2, 0) is 10.0 Å². The van der Waals surface area contributed by atoms with Crippen molar-refractivity contribution < 1.29 is 17.6 Å². The van der Waals surface area contributed by atoms with Crippen LogP contribution in [0.25, 0.3) is 11.6 Å². The van der Waals surface area contributed by atoms with Gasteiger partial charge in [0.2, 0.25) is 10.0 Å². The van der Waals surface area contributed by atoms with Crippen molar-refractivity contribution in [3.05, 3.63) is 18.2 Å². The van der Waals surface area contributed by atoms with Gasteiger partial charge in [-0.1, -0.05) is 12.8 Å². The maximum Gasteiger partial charge on any atom is 0.311 e. The van der Waals surface area contributed by atoms with Crippen LogP contribution in [0, 0.1) is 0 Å². The Bertz CT molecular complexity index is 905. The summed E-state index contributed by atoms with van der Waals surface area (Å²) in [5, 5.41) is 7.72. The average Bonchev–Trinajstić information content (AvgIpc) is 3.39. The van der Waals surface area contributed by atoms with Crippen molar-refractivity contribution in [1.29, 1.82) is 0 Å². The zero-order valence-electron chi connectivity index (χ0n) is 15.1. The number of H-pyrrole nitrogens is 1. The number of hydrogen-bond acceptors (Lipinski definition) is 6.